The standard InChI is InChI=1S/C24H34N4O4/c1-3-17(2)25-22(30)16-28-20-13-7-6-12-19(20)23(31)27(24(28)32)15-9-8-14-21(29)26-18-10-4-5-11-18/h6-7,12-13,17-18H,3-5,8-11,14-16H2,1-2H3,(H,25,30)(H,26,29). The third kappa shape index (κ3) is 5.87. The molecule has 0 saturated heterocycles. The molecule has 8 nitrogen and oxygen atoms in total. The molecule has 0 radical (unpaired) electrons. The SMILES string of the molecule is CCC(C)NC(=O)Cn1c(=O)n(CCCCC(=O)NC2CCCC2)c(=O)c2ccccc21. The summed E-state index contributed by atoms with van der Waals surface area (Å²) in [7, 11) is 0. The van der Waals surface area contributed by atoms with Crippen LogP contribution in [0.5, 0.6) is 0 Å². The molecule has 0 aliphatic heterocycles. The molecule has 1 aliphatic carbocycles. The molecule has 0 bridgehead atoms. The second-order valence-electron chi connectivity index (χ2n) is 8.73. The van der Waals surface area contributed by atoms with Crippen molar-refractivity contribution >= 4 is 22.7 Å². The number of hydrogen-bond donors (Lipinski definition) is 2. The van der Waals surface area contributed by atoms with Crippen LogP contribution in [-0.2, 0) is 22.7 Å². The first-order valence-corrected chi connectivity index (χ1v) is 11.7. The van der Waals surface area contributed by atoms with E-state index in [4.69, 9.17) is 0 Å². The van der Waals surface area contributed by atoms with E-state index in [9.17, 15) is 19.2 Å². The Hall–Kier alpha value is -2.90. The van der Waals surface area contributed by atoms with E-state index >= 15 is 0 Å². The van der Waals surface area contributed by atoms with Crippen molar-refractivity contribution in [1.82, 2.24) is 19.8 Å². The highest BCUT2D eigenvalue weighted by atomic mass is 16.2. The van der Waals surface area contributed by atoms with Crippen LogP contribution in [0.3, 0.4) is 0 Å². The van der Waals surface area contributed by atoms with Crippen LogP contribution < -0.4 is 21.9 Å². The van der Waals surface area contributed by atoms with E-state index < -0.39 is 5.69 Å². The van der Waals surface area contributed by atoms with Gasteiger partial charge in [0.05, 0.1) is 10.9 Å². The average Bonchev–Trinajstić information content (AvgIpc) is 3.28. The molecule has 1 atom stereocenters. The Kier molecular flexibility index (Phi) is 8.25. The van der Waals surface area contributed by atoms with Crippen LogP contribution in [0, 0.1) is 0 Å². The van der Waals surface area contributed by atoms with Gasteiger partial charge < -0.3 is 10.6 Å². The molecule has 8 heteroatoms. The van der Waals surface area contributed by atoms with E-state index in [0.29, 0.717) is 36.2 Å². The molecule has 1 aromatic heterocycles. The number of carbonyl (C=O) groups is 2. The molecule has 3 rings (SSSR count). The second kappa shape index (κ2) is 11.1. The number of rotatable bonds is 10. The summed E-state index contributed by atoms with van der Waals surface area (Å²) in [6, 6.07) is 7.15. The highest BCUT2D eigenvalue weighted by Gasteiger charge is 2.18. The van der Waals surface area contributed by atoms with Crippen molar-refractivity contribution in [3.05, 3.63) is 45.1 Å². The highest BCUT2D eigenvalue weighted by Crippen LogP contribution is 2.17. The van der Waals surface area contributed by atoms with Gasteiger partial charge >= 0.3 is 5.69 Å². The maximum absolute atomic E-state index is 13.1. The normalized spacial score (nSPS) is 15.1. The predicted octanol–water partition coefficient (Wildman–Crippen LogP) is 2.31. The van der Waals surface area contributed by atoms with Gasteiger partial charge in [-0.25, -0.2) is 4.79 Å². The molecule has 32 heavy (non-hydrogen) atoms. The first kappa shape index (κ1) is 23.8. The molecule has 1 saturated carbocycles. The Bertz CT molecular complexity index is 1070. The summed E-state index contributed by atoms with van der Waals surface area (Å²) in [4.78, 5) is 50.6. The lowest BCUT2D eigenvalue weighted by atomic mass is 10.2. The van der Waals surface area contributed by atoms with E-state index in [2.05, 4.69) is 10.6 Å². The Balaban J connectivity index is 1.72. The van der Waals surface area contributed by atoms with Gasteiger partial charge in [-0.05, 0) is 51.2 Å². The van der Waals surface area contributed by atoms with Crippen LogP contribution in [0.25, 0.3) is 10.9 Å². The maximum Gasteiger partial charge on any atom is 0.331 e. The Morgan fingerprint density at radius 2 is 1.78 bits per heavy atom. The van der Waals surface area contributed by atoms with Crippen LogP contribution >= 0.6 is 0 Å². The van der Waals surface area contributed by atoms with Crippen LogP contribution in [-0.4, -0.2) is 33.0 Å². The number of carbonyl (C=O) groups excluding carboxylic acids is 2. The number of nitrogens with one attached hydrogen (secondary N) is 2. The van der Waals surface area contributed by atoms with Gasteiger partial charge in [0, 0.05) is 25.0 Å². The van der Waals surface area contributed by atoms with Crippen molar-refractivity contribution < 1.29 is 9.59 Å². The summed E-state index contributed by atoms with van der Waals surface area (Å²) < 4.78 is 2.55. The Morgan fingerprint density at radius 1 is 1.06 bits per heavy atom. The van der Waals surface area contributed by atoms with Gasteiger partial charge in [0.2, 0.25) is 11.8 Å². The number of unbranched alkanes of at least 4 members (excludes halogenated alkanes) is 1. The van der Waals surface area contributed by atoms with Crippen molar-refractivity contribution in [2.45, 2.75) is 90.4 Å². The monoisotopic (exact) mass is 442 g/mol. The molecule has 1 unspecified atom stereocenters. The van der Waals surface area contributed by atoms with Crippen LogP contribution in [0.2, 0.25) is 0 Å². The lowest BCUT2D eigenvalue weighted by Crippen LogP contribution is -2.43. The number of hydrogen-bond acceptors (Lipinski definition) is 4. The lowest BCUT2D eigenvalue weighted by Gasteiger charge is -2.16. The van der Waals surface area contributed by atoms with Crippen molar-refractivity contribution in [3.63, 3.8) is 0 Å². The number of nitrogens with zero attached hydrogens (tertiary/aromatic N) is 2. The maximum atomic E-state index is 13.1. The minimum Gasteiger partial charge on any atom is -0.353 e. The summed E-state index contributed by atoms with van der Waals surface area (Å²) in [5, 5.41) is 6.33. The van der Waals surface area contributed by atoms with Gasteiger partial charge in [0.15, 0.2) is 0 Å². The van der Waals surface area contributed by atoms with Crippen molar-refractivity contribution in [2.75, 3.05) is 0 Å². The third-order valence-electron chi connectivity index (χ3n) is 6.21. The second-order valence-corrected chi connectivity index (χ2v) is 8.73. The van der Waals surface area contributed by atoms with Crippen molar-refractivity contribution in [2.24, 2.45) is 0 Å². The molecule has 1 heterocycles. The summed E-state index contributed by atoms with van der Waals surface area (Å²) in [6.07, 6.45) is 6.70. The zero-order valence-corrected chi connectivity index (χ0v) is 19.1. The van der Waals surface area contributed by atoms with Crippen LogP contribution in [0.15, 0.2) is 33.9 Å². The Labute approximate surface area is 188 Å². The van der Waals surface area contributed by atoms with E-state index in [-0.39, 0.29) is 36.5 Å². The Morgan fingerprint density at radius 3 is 2.50 bits per heavy atom. The molecule has 1 aliphatic rings. The minimum atomic E-state index is -0.497. The molecule has 0 spiro atoms. The lowest BCUT2D eigenvalue weighted by molar-refractivity contribution is -0.123. The van der Waals surface area contributed by atoms with E-state index in [0.717, 1.165) is 32.1 Å². The summed E-state index contributed by atoms with van der Waals surface area (Å²) in [5.41, 5.74) is -0.406. The molecule has 2 N–H and O–H groups in total. The number of benzene rings is 1. The molecule has 2 amide bonds. The molecular weight excluding hydrogens is 408 g/mol. The highest BCUT2D eigenvalue weighted by molar-refractivity contribution is 5.81. The predicted molar refractivity (Wildman–Crippen MR) is 125 cm³/mol. The summed E-state index contributed by atoms with van der Waals surface area (Å²) >= 11 is 0. The molecular formula is C24H34N4O4. The first-order chi connectivity index (χ1) is 15.4. The molecule has 1 aromatic carbocycles. The van der Waals surface area contributed by atoms with Crippen LogP contribution in [0.4, 0.5) is 0 Å². The minimum absolute atomic E-state index is 0.00532. The number of para-hydroxylation sites is 1. The fourth-order valence-corrected chi connectivity index (χ4v) is 4.21. The molecule has 174 valence electrons. The van der Waals surface area contributed by atoms with Gasteiger partial charge in [-0.15, -0.1) is 0 Å². The largest absolute Gasteiger partial charge is 0.353 e. The molecule has 2 aromatic rings. The van der Waals surface area contributed by atoms with E-state index in [1.807, 2.05) is 13.8 Å². The fraction of sp³-hybridized carbons (Fsp3) is 0.583. The first-order valence-electron chi connectivity index (χ1n) is 11.7. The summed E-state index contributed by atoms with van der Waals surface area (Å²) in [5.74, 6) is -0.234. The quantitative estimate of drug-likeness (QED) is 0.551. The fourth-order valence-electron chi connectivity index (χ4n) is 4.21. The van der Waals surface area contributed by atoms with Crippen LogP contribution in [0.1, 0.15) is 65.2 Å². The zero-order chi connectivity index (χ0) is 23.1. The number of fused-ring (bicyclic) bond motifs is 1. The van der Waals surface area contributed by atoms with Gasteiger partial charge in [-0.2, -0.15) is 0 Å². The van der Waals surface area contributed by atoms with E-state index in [1.165, 1.54) is 9.13 Å². The smallest absolute Gasteiger partial charge is 0.331 e. The number of aromatic nitrogens is 2. The van der Waals surface area contributed by atoms with E-state index in [1.54, 1.807) is 24.3 Å². The van der Waals surface area contributed by atoms with Gasteiger partial charge in [-0.3, -0.25) is 23.5 Å². The topological polar surface area (TPSA) is 102 Å². The molecule has 1 fully saturated rings. The zero-order valence-electron chi connectivity index (χ0n) is 19.1. The average molecular weight is 443 g/mol. The summed E-state index contributed by atoms with van der Waals surface area (Å²) in [6.45, 7) is 3.95. The number of amides is 2. The van der Waals surface area contributed by atoms with Gasteiger partial charge in [0.25, 0.3) is 5.56 Å². The van der Waals surface area contributed by atoms with Crippen molar-refractivity contribution in [3.8, 4) is 0 Å². The van der Waals surface area contributed by atoms with Gasteiger partial charge in [-0.1, -0.05) is 31.9 Å². The van der Waals surface area contributed by atoms with Crippen molar-refractivity contribution in [1.29, 1.82) is 0 Å². The third-order valence-corrected chi connectivity index (χ3v) is 6.21. The van der Waals surface area contributed by atoms with Gasteiger partial charge in [0.1, 0.15) is 6.54 Å².